The van der Waals surface area contributed by atoms with E-state index in [-0.39, 0.29) is 16.6 Å². The number of hydrogen-bond donors (Lipinski definition) is 1. The molecule has 1 aliphatic rings. The zero-order valence-corrected chi connectivity index (χ0v) is 16.4. The number of anilines is 2. The second-order valence-corrected chi connectivity index (χ2v) is 7.28. The third-order valence-electron chi connectivity index (χ3n) is 4.86. The summed E-state index contributed by atoms with van der Waals surface area (Å²) in [5.74, 6) is -0.309. The van der Waals surface area contributed by atoms with Gasteiger partial charge < -0.3 is 10.2 Å². The van der Waals surface area contributed by atoms with Crippen molar-refractivity contribution in [3.8, 4) is 0 Å². The second-order valence-electron chi connectivity index (χ2n) is 6.88. The minimum Gasteiger partial charge on any atom is -0.369 e. The van der Waals surface area contributed by atoms with E-state index in [1.165, 1.54) is 43.5 Å². The smallest absolute Gasteiger partial charge is 0.288 e. The van der Waals surface area contributed by atoms with Crippen LogP contribution >= 0.6 is 11.6 Å². The Hall–Kier alpha value is -2.86. The van der Waals surface area contributed by atoms with Crippen LogP contribution in [0.1, 0.15) is 31.7 Å². The van der Waals surface area contributed by atoms with Gasteiger partial charge in [-0.3, -0.25) is 14.9 Å². The van der Waals surface area contributed by atoms with Gasteiger partial charge in [-0.15, -0.1) is 0 Å². The summed E-state index contributed by atoms with van der Waals surface area (Å²) in [7, 11) is 0. The lowest BCUT2D eigenvalue weighted by Gasteiger charge is -2.35. The summed E-state index contributed by atoms with van der Waals surface area (Å²) >= 11 is 5.79. The molecule has 1 aliphatic heterocycles. The molecule has 2 aromatic carbocycles. The van der Waals surface area contributed by atoms with Gasteiger partial charge >= 0.3 is 0 Å². The lowest BCUT2D eigenvalue weighted by atomic mass is 10.0. The fourth-order valence-electron chi connectivity index (χ4n) is 3.35. The Morgan fingerprint density at radius 2 is 2.00 bits per heavy atom. The largest absolute Gasteiger partial charge is 0.369 e. The van der Waals surface area contributed by atoms with Gasteiger partial charge in [0.25, 0.3) is 5.69 Å². The molecule has 0 aliphatic carbocycles. The summed E-state index contributed by atoms with van der Waals surface area (Å²) in [6.07, 6.45) is 6.54. The van der Waals surface area contributed by atoms with Crippen molar-refractivity contribution in [3.05, 3.63) is 69.2 Å². The minimum absolute atomic E-state index is 0.0646. The number of benzene rings is 2. The average molecular weight is 400 g/mol. The van der Waals surface area contributed by atoms with Gasteiger partial charge in [0.2, 0.25) is 5.91 Å². The molecule has 0 saturated carbocycles. The maximum atomic E-state index is 12.1. The Kier molecular flexibility index (Phi) is 6.31. The first-order chi connectivity index (χ1) is 13.4. The molecule has 1 atom stereocenters. The Morgan fingerprint density at radius 3 is 2.68 bits per heavy atom. The molecule has 1 N–H and O–H groups in total. The van der Waals surface area contributed by atoms with Crippen LogP contribution in [0.15, 0.2) is 48.5 Å². The highest BCUT2D eigenvalue weighted by Gasteiger charge is 2.18. The Labute approximate surface area is 169 Å². The normalized spacial score (nSPS) is 16.9. The van der Waals surface area contributed by atoms with E-state index in [1.807, 2.05) is 24.3 Å². The molecule has 0 unspecified atom stereocenters. The van der Waals surface area contributed by atoms with Crippen molar-refractivity contribution in [2.45, 2.75) is 32.2 Å². The number of amides is 1. The molecule has 1 fully saturated rings. The minimum atomic E-state index is -0.551. The molecule has 0 spiro atoms. The standard InChI is InChI=1S/C21H22ClN3O3/c1-15-4-2-3-13-24(15)18-9-7-17(8-10-18)23-21(26)12-6-16-5-11-19(22)20(14-16)25(27)28/h5-12,14-15H,2-4,13H2,1H3,(H,23,26)/b12-6+/t15-/m1/s1. The van der Waals surface area contributed by atoms with Crippen LogP contribution in [-0.4, -0.2) is 23.4 Å². The number of nitrogens with one attached hydrogen (secondary N) is 1. The number of nitro benzene ring substituents is 1. The molecule has 1 saturated heterocycles. The summed E-state index contributed by atoms with van der Waals surface area (Å²) in [6.45, 7) is 3.30. The van der Waals surface area contributed by atoms with Crippen molar-refractivity contribution in [3.63, 3.8) is 0 Å². The first kappa shape index (κ1) is 19.9. The first-order valence-corrected chi connectivity index (χ1v) is 9.61. The maximum Gasteiger partial charge on any atom is 0.288 e. The van der Waals surface area contributed by atoms with Crippen molar-refractivity contribution < 1.29 is 9.72 Å². The summed E-state index contributed by atoms with van der Waals surface area (Å²) in [4.78, 5) is 24.9. The quantitative estimate of drug-likeness (QED) is 0.421. The van der Waals surface area contributed by atoms with Gasteiger partial charge in [-0.2, -0.15) is 0 Å². The zero-order valence-electron chi connectivity index (χ0n) is 15.6. The van der Waals surface area contributed by atoms with E-state index in [4.69, 9.17) is 11.6 Å². The monoisotopic (exact) mass is 399 g/mol. The number of piperidine rings is 1. The third-order valence-corrected chi connectivity index (χ3v) is 5.18. The van der Waals surface area contributed by atoms with Gasteiger partial charge in [0, 0.05) is 36.1 Å². The van der Waals surface area contributed by atoms with Crippen LogP contribution in [0, 0.1) is 10.1 Å². The molecule has 3 rings (SSSR count). The summed E-state index contributed by atoms with van der Waals surface area (Å²) in [6, 6.07) is 12.7. The SMILES string of the molecule is C[C@@H]1CCCCN1c1ccc(NC(=O)/C=C/c2ccc(Cl)c([N+](=O)[O-])c2)cc1. The van der Waals surface area contributed by atoms with E-state index in [1.54, 1.807) is 6.07 Å². The molecule has 6 nitrogen and oxygen atoms in total. The maximum absolute atomic E-state index is 12.1. The molecular formula is C21H22ClN3O3. The number of nitrogens with zero attached hydrogens (tertiary/aromatic N) is 2. The molecule has 0 radical (unpaired) electrons. The van der Waals surface area contributed by atoms with Crippen LogP contribution in [0.5, 0.6) is 0 Å². The van der Waals surface area contributed by atoms with Gasteiger partial charge in [-0.25, -0.2) is 0 Å². The molecular weight excluding hydrogens is 378 g/mol. The van der Waals surface area contributed by atoms with Crippen LogP contribution in [0.3, 0.4) is 0 Å². The van der Waals surface area contributed by atoms with Gasteiger partial charge in [0.05, 0.1) is 4.92 Å². The molecule has 1 heterocycles. The highest BCUT2D eigenvalue weighted by atomic mass is 35.5. The first-order valence-electron chi connectivity index (χ1n) is 9.24. The molecule has 0 bridgehead atoms. The fraction of sp³-hybridized carbons (Fsp3) is 0.286. The summed E-state index contributed by atoms with van der Waals surface area (Å²) < 4.78 is 0. The second kappa shape index (κ2) is 8.89. The van der Waals surface area contributed by atoms with Crippen LogP contribution in [0.25, 0.3) is 6.08 Å². The number of nitro groups is 1. The van der Waals surface area contributed by atoms with E-state index in [2.05, 4.69) is 17.1 Å². The van der Waals surface area contributed by atoms with E-state index < -0.39 is 4.92 Å². The topological polar surface area (TPSA) is 75.5 Å². The third kappa shape index (κ3) is 4.89. The fourth-order valence-corrected chi connectivity index (χ4v) is 3.53. The lowest BCUT2D eigenvalue weighted by molar-refractivity contribution is -0.384. The van der Waals surface area contributed by atoms with E-state index in [0.717, 1.165) is 12.2 Å². The van der Waals surface area contributed by atoms with Gasteiger partial charge in [0.15, 0.2) is 0 Å². The molecule has 28 heavy (non-hydrogen) atoms. The van der Waals surface area contributed by atoms with Crippen LogP contribution in [-0.2, 0) is 4.79 Å². The Bertz CT molecular complexity index is 896. The summed E-state index contributed by atoms with van der Waals surface area (Å²) in [5, 5.41) is 13.8. The average Bonchev–Trinajstić information content (AvgIpc) is 2.68. The van der Waals surface area contributed by atoms with E-state index >= 15 is 0 Å². The highest BCUT2D eigenvalue weighted by molar-refractivity contribution is 6.32. The zero-order chi connectivity index (χ0) is 20.1. The lowest BCUT2D eigenvalue weighted by Crippen LogP contribution is -2.37. The van der Waals surface area contributed by atoms with Crippen LogP contribution < -0.4 is 10.2 Å². The predicted octanol–water partition coefficient (Wildman–Crippen LogP) is 5.28. The molecule has 2 aromatic rings. The number of halogens is 1. The van der Waals surface area contributed by atoms with Gasteiger partial charge in [-0.1, -0.05) is 17.7 Å². The Morgan fingerprint density at radius 1 is 1.25 bits per heavy atom. The predicted molar refractivity (Wildman–Crippen MR) is 113 cm³/mol. The highest BCUT2D eigenvalue weighted by Crippen LogP contribution is 2.27. The number of carbonyl (C=O) groups is 1. The van der Waals surface area contributed by atoms with Crippen LogP contribution in [0.2, 0.25) is 5.02 Å². The van der Waals surface area contributed by atoms with Crippen molar-refractivity contribution >= 4 is 40.6 Å². The van der Waals surface area contributed by atoms with Crippen molar-refractivity contribution in [1.29, 1.82) is 0 Å². The van der Waals surface area contributed by atoms with Crippen molar-refractivity contribution in [2.24, 2.45) is 0 Å². The molecule has 7 heteroatoms. The number of hydrogen-bond acceptors (Lipinski definition) is 4. The number of carbonyl (C=O) groups excluding carboxylic acids is 1. The molecule has 1 amide bonds. The van der Waals surface area contributed by atoms with Gasteiger partial charge in [-0.05, 0) is 68.2 Å². The van der Waals surface area contributed by atoms with Gasteiger partial charge in [0.1, 0.15) is 5.02 Å². The van der Waals surface area contributed by atoms with Crippen LogP contribution in [0.4, 0.5) is 17.1 Å². The molecule has 0 aromatic heterocycles. The van der Waals surface area contributed by atoms with Crippen molar-refractivity contribution in [1.82, 2.24) is 0 Å². The number of rotatable bonds is 5. The van der Waals surface area contributed by atoms with E-state index in [0.29, 0.717) is 17.3 Å². The molecule has 146 valence electrons. The van der Waals surface area contributed by atoms with E-state index in [9.17, 15) is 14.9 Å². The summed E-state index contributed by atoms with van der Waals surface area (Å²) in [5.41, 5.74) is 2.20. The Balaban J connectivity index is 1.62. The van der Waals surface area contributed by atoms with Crippen molar-refractivity contribution in [2.75, 3.05) is 16.8 Å².